The molecule has 1 aromatic heterocycles. The molecule has 1 aliphatic carbocycles. The molecule has 0 amide bonds. The smallest absolute Gasteiger partial charge is 0.387 e. The number of thiophene rings is 1. The summed E-state index contributed by atoms with van der Waals surface area (Å²) in [6, 6.07) is 3.93. The van der Waals surface area contributed by atoms with Gasteiger partial charge in [0.05, 0.1) is 0 Å². The average molecular weight is 510 g/mol. The minimum atomic E-state index is -2.90. The summed E-state index contributed by atoms with van der Waals surface area (Å²) in [6.07, 6.45) is 10.0. The van der Waals surface area contributed by atoms with Gasteiger partial charge in [0.1, 0.15) is 5.76 Å². The van der Waals surface area contributed by atoms with Crippen molar-refractivity contribution in [3.63, 3.8) is 0 Å². The van der Waals surface area contributed by atoms with E-state index < -0.39 is 18.2 Å². The number of likely N-dealkylation sites (tertiary alicyclic amines) is 1. The van der Waals surface area contributed by atoms with Crippen molar-refractivity contribution in [2.45, 2.75) is 72.1 Å². The van der Waals surface area contributed by atoms with Gasteiger partial charge >= 0.3 is 12.6 Å². The predicted molar refractivity (Wildman–Crippen MR) is 135 cm³/mol. The van der Waals surface area contributed by atoms with Crippen LogP contribution in [-0.2, 0) is 20.8 Å². The Hall–Kier alpha value is -2.03. The number of ether oxygens (including phenoxy) is 2. The highest BCUT2D eigenvalue weighted by molar-refractivity contribution is 7.13. The van der Waals surface area contributed by atoms with E-state index in [-0.39, 0.29) is 17.1 Å². The predicted octanol–water partition coefficient (Wildman–Crippen LogP) is 6.72. The molecule has 2 heterocycles. The van der Waals surface area contributed by atoms with Crippen LogP contribution >= 0.6 is 11.3 Å². The van der Waals surface area contributed by atoms with Gasteiger partial charge in [0.15, 0.2) is 5.60 Å². The Kier molecular flexibility index (Phi) is 9.29. The van der Waals surface area contributed by atoms with Crippen LogP contribution in [0, 0.1) is 11.3 Å². The first-order chi connectivity index (χ1) is 16.5. The van der Waals surface area contributed by atoms with Crippen LogP contribution in [0.4, 0.5) is 8.78 Å². The van der Waals surface area contributed by atoms with Crippen molar-refractivity contribution < 1.29 is 28.2 Å². The quantitative estimate of drug-likeness (QED) is 0.400. The Morgan fingerprint density at radius 3 is 2.74 bits per heavy atom. The minimum Gasteiger partial charge on any atom is -0.479 e. The lowest BCUT2D eigenvalue weighted by atomic mass is 9.71. The van der Waals surface area contributed by atoms with Crippen LogP contribution in [0.5, 0.6) is 0 Å². The maximum Gasteiger partial charge on any atom is 0.387 e. The van der Waals surface area contributed by atoms with Gasteiger partial charge < -0.3 is 14.6 Å². The van der Waals surface area contributed by atoms with Gasteiger partial charge in [0.2, 0.25) is 0 Å². The van der Waals surface area contributed by atoms with Crippen molar-refractivity contribution in [3.8, 4) is 0 Å². The fraction of sp³-hybridized carbons (Fsp3) is 0.593. The second kappa shape index (κ2) is 11.8. The third kappa shape index (κ3) is 7.24. The van der Waals surface area contributed by atoms with E-state index in [1.165, 1.54) is 11.3 Å². The second-order valence-corrected chi connectivity index (χ2v) is 11.6. The number of nitrogens with zero attached hydrogens (tertiary/aromatic N) is 1. The number of alkyl halides is 2. The van der Waals surface area contributed by atoms with Crippen molar-refractivity contribution >= 4 is 22.9 Å². The van der Waals surface area contributed by atoms with E-state index in [1.807, 2.05) is 31.2 Å². The molecule has 1 aliphatic heterocycles. The van der Waals surface area contributed by atoms with E-state index in [0.29, 0.717) is 31.7 Å². The highest BCUT2D eigenvalue weighted by Gasteiger charge is 2.49. The Bertz CT molecular complexity index is 963. The number of piperidine rings is 1. The van der Waals surface area contributed by atoms with E-state index in [1.54, 1.807) is 12.2 Å². The van der Waals surface area contributed by atoms with Gasteiger partial charge in [-0.1, -0.05) is 45.9 Å². The molecule has 194 valence electrons. The summed E-state index contributed by atoms with van der Waals surface area (Å²) in [5.41, 5.74) is -0.635. The Balaban J connectivity index is 1.84. The molecule has 2 aliphatic rings. The molecule has 1 N–H and O–H groups in total. The summed E-state index contributed by atoms with van der Waals surface area (Å²) in [5, 5.41) is 10.2. The standard InChI is InChI=1S/C27H37F2NO4S/c1-5-14-33-27(24(31)32)15-19(26(2,3)4)16-30(18-27)17-20-12-13-23(35-20)21-10-8-6-7-9-11-22(21)34-25(28)29/h7,9-13,19,25H,5-6,8,14-18H2,1-4H3,(H,31,32)/b9-7+,21-10+,22-11+/t19-,27+/m1/s1. The number of aliphatic carboxylic acids is 1. The number of hydrogen-bond donors (Lipinski definition) is 1. The molecule has 2 atom stereocenters. The highest BCUT2D eigenvalue weighted by Crippen LogP contribution is 2.40. The van der Waals surface area contributed by atoms with E-state index in [0.717, 1.165) is 35.6 Å². The second-order valence-electron chi connectivity index (χ2n) is 10.4. The molecule has 8 heteroatoms. The van der Waals surface area contributed by atoms with E-state index in [4.69, 9.17) is 9.47 Å². The van der Waals surface area contributed by atoms with Gasteiger partial charge in [-0.15, -0.1) is 11.3 Å². The van der Waals surface area contributed by atoms with Crippen LogP contribution in [0.3, 0.4) is 0 Å². The maximum absolute atomic E-state index is 13.0. The van der Waals surface area contributed by atoms with Crippen LogP contribution in [-0.4, -0.2) is 47.9 Å². The van der Waals surface area contributed by atoms with Crippen LogP contribution in [0.25, 0.3) is 5.57 Å². The zero-order valence-corrected chi connectivity index (χ0v) is 21.9. The largest absolute Gasteiger partial charge is 0.479 e. The zero-order valence-electron chi connectivity index (χ0n) is 21.1. The molecule has 0 spiro atoms. The van der Waals surface area contributed by atoms with E-state index in [9.17, 15) is 18.7 Å². The van der Waals surface area contributed by atoms with Crippen molar-refractivity contribution in [3.05, 3.63) is 52.0 Å². The summed E-state index contributed by atoms with van der Waals surface area (Å²) >= 11 is 1.53. The van der Waals surface area contributed by atoms with Crippen molar-refractivity contribution in [2.24, 2.45) is 11.3 Å². The lowest BCUT2D eigenvalue weighted by Gasteiger charge is -2.47. The molecule has 35 heavy (non-hydrogen) atoms. The molecule has 0 saturated carbocycles. The minimum absolute atomic E-state index is 0.0704. The van der Waals surface area contributed by atoms with Crippen LogP contribution in [0.15, 0.2) is 42.2 Å². The van der Waals surface area contributed by atoms with Gasteiger partial charge in [0, 0.05) is 41.6 Å². The number of hydrogen-bond acceptors (Lipinski definition) is 5. The number of halogens is 2. The molecular weight excluding hydrogens is 472 g/mol. The lowest BCUT2D eigenvalue weighted by Crippen LogP contribution is -2.59. The molecule has 0 unspecified atom stereocenters. The number of carboxylic acid groups (broad SMARTS) is 1. The van der Waals surface area contributed by atoms with E-state index in [2.05, 4.69) is 25.7 Å². The molecule has 0 radical (unpaired) electrons. The lowest BCUT2D eigenvalue weighted by molar-refractivity contribution is -0.181. The first kappa shape index (κ1) is 27.6. The van der Waals surface area contributed by atoms with Gasteiger partial charge in [-0.3, -0.25) is 4.90 Å². The molecule has 0 aromatic carbocycles. The Labute approximate surface area is 211 Å². The number of rotatable bonds is 9. The molecule has 5 nitrogen and oxygen atoms in total. The Morgan fingerprint density at radius 1 is 1.31 bits per heavy atom. The number of allylic oxidation sites excluding steroid dienone is 5. The Morgan fingerprint density at radius 2 is 2.09 bits per heavy atom. The average Bonchev–Trinajstić information content (AvgIpc) is 3.21. The molecular formula is C27H37F2NO4S. The monoisotopic (exact) mass is 509 g/mol. The number of carboxylic acids is 1. The molecule has 1 fully saturated rings. The maximum atomic E-state index is 13.0. The highest BCUT2D eigenvalue weighted by atomic mass is 32.1. The van der Waals surface area contributed by atoms with E-state index >= 15 is 0 Å². The summed E-state index contributed by atoms with van der Waals surface area (Å²) in [4.78, 5) is 16.5. The zero-order chi connectivity index (χ0) is 25.6. The van der Waals surface area contributed by atoms with Crippen LogP contribution in [0.1, 0.15) is 63.1 Å². The van der Waals surface area contributed by atoms with Gasteiger partial charge in [-0.2, -0.15) is 8.78 Å². The van der Waals surface area contributed by atoms with Crippen molar-refractivity contribution in [2.75, 3.05) is 19.7 Å². The first-order valence-electron chi connectivity index (χ1n) is 12.2. The summed E-state index contributed by atoms with van der Waals surface area (Å²) in [7, 11) is 0. The van der Waals surface area contributed by atoms with Crippen molar-refractivity contribution in [1.29, 1.82) is 0 Å². The van der Waals surface area contributed by atoms with Gasteiger partial charge in [-0.25, -0.2) is 4.79 Å². The molecule has 3 rings (SSSR count). The first-order valence-corrected chi connectivity index (χ1v) is 13.1. The summed E-state index contributed by atoms with van der Waals surface area (Å²) < 4.78 is 36.9. The SMILES string of the molecule is CCCO[C@@]1(C(=O)O)C[C@@H](C(C)(C)C)CN(Cc2ccc(C3=C/CC/C=C/C=C\3OC(F)F)s2)C1. The van der Waals surface area contributed by atoms with Gasteiger partial charge in [-0.05, 0) is 55.2 Å². The van der Waals surface area contributed by atoms with Crippen LogP contribution < -0.4 is 0 Å². The fourth-order valence-electron chi connectivity index (χ4n) is 4.60. The normalized spacial score (nSPS) is 27.9. The molecule has 1 aromatic rings. The fourth-order valence-corrected chi connectivity index (χ4v) is 5.69. The molecule has 0 bridgehead atoms. The topological polar surface area (TPSA) is 59.0 Å². The summed E-state index contributed by atoms with van der Waals surface area (Å²) in [6.45, 7) is 7.57. The third-order valence-corrected chi connectivity index (χ3v) is 7.69. The third-order valence-electron chi connectivity index (χ3n) is 6.58. The number of carbonyl (C=O) groups is 1. The molecule has 1 saturated heterocycles. The van der Waals surface area contributed by atoms with Crippen LogP contribution in [0.2, 0.25) is 0 Å². The van der Waals surface area contributed by atoms with Crippen molar-refractivity contribution in [1.82, 2.24) is 4.90 Å². The van der Waals surface area contributed by atoms with Gasteiger partial charge in [0.25, 0.3) is 0 Å². The summed E-state index contributed by atoms with van der Waals surface area (Å²) in [5.74, 6) is -0.603.